The molecule has 3 rings (SSSR count). The lowest BCUT2D eigenvalue weighted by molar-refractivity contribution is -0.140. The number of fused-ring (bicyclic) bond motifs is 1. The number of aryl methyl sites for hydroxylation is 2. The minimum absolute atomic E-state index is 0.0162. The fourth-order valence-corrected chi connectivity index (χ4v) is 2.94. The van der Waals surface area contributed by atoms with Gasteiger partial charge in [0.05, 0.1) is 0 Å². The van der Waals surface area contributed by atoms with E-state index in [4.69, 9.17) is 15.9 Å². The van der Waals surface area contributed by atoms with Gasteiger partial charge in [-0.05, 0) is 30.5 Å². The van der Waals surface area contributed by atoms with Gasteiger partial charge in [-0.3, -0.25) is 19.4 Å². The number of nitrogens with one attached hydrogen (secondary N) is 3. The number of aromatic amines is 2. The Morgan fingerprint density at radius 1 is 1.06 bits per heavy atom. The van der Waals surface area contributed by atoms with Gasteiger partial charge in [0.25, 0.3) is 11.5 Å². The quantitative estimate of drug-likeness (QED) is 0.272. The molecule has 7 N–H and O–H groups in total. The second kappa shape index (κ2) is 9.07. The van der Waals surface area contributed by atoms with E-state index < -0.39 is 29.4 Å². The first kappa shape index (κ1) is 21.5. The third-order valence-electron chi connectivity index (χ3n) is 4.55. The van der Waals surface area contributed by atoms with E-state index in [1.54, 1.807) is 24.3 Å². The SMILES string of the molecule is Nc1nc2nc(CCc3ccc(C(=O)N[C@@H](CCC(=O)O)C(=O)O)cc3)[nH]c2c(=O)[nH]1. The Hall–Kier alpha value is -4.22. The van der Waals surface area contributed by atoms with E-state index >= 15 is 0 Å². The van der Waals surface area contributed by atoms with Crippen molar-refractivity contribution in [1.29, 1.82) is 0 Å². The number of amides is 1. The van der Waals surface area contributed by atoms with Crippen molar-refractivity contribution in [3.63, 3.8) is 0 Å². The Labute approximate surface area is 174 Å². The van der Waals surface area contributed by atoms with Crippen LogP contribution in [0.4, 0.5) is 5.95 Å². The zero-order valence-corrected chi connectivity index (χ0v) is 16.2. The second-order valence-corrected chi connectivity index (χ2v) is 6.83. The predicted octanol–water partition coefficient (Wildman–Crippen LogP) is 0.0614. The standard InChI is InChI=1S/C19H20N6O6/c20-19-24-15-14(17(29)25-19)22-12(23-15)7-3-9-1-4-10(5-2-9)16(28)21-11(18(30)31)6-8-13(26)27/h1-2,4-5,11H,3,6-8H2,(H,21,28)(H,26,27)(H,30,31)(H4,20,22,23,24,25,29)/t11-/m0/s1. The largest absolute Gasteiger partial charge is 0.481 e. The number of carboxylic acid groups (broad SMARTS) is 2. The summed E-state index contributed by atoms with van der Waals surface area (Å²) in [5, 5.41) is 20.2. The number of hydrogen-bond acceptors (Lipinski definition) is 7. The smallest absolute Gasteiger partial charge is 0.326 e. The molecule has 2 aromatic heterocycles. The Morgan fingerprint density at radius 3 is 2.42 bits per heavy atom. The summed E-state index contributed by atoms with van der Waals surface area (Å²) in [6.07, 6.45) is 0.463. The van der Waals surface area contributed by atoms with Crippen molar-refractivity contribution in [1.82, 2.24) is 25.3 Å². The molecule has 0 bridgehead atoms. The van der Waals surface area contributed by atoms with Gasteiger partial charge < -0.3 is 26.2 Å². The second-order valence-electron chi connectivity index (χ2n) is 6.83. The predicted molar refractivity (Wildman–Crippen MR) is 109 cm³/mol. The van der Waals surface area contributed by atoms with Crippen molar-refractivity contribution in [2.75, 3.05) is 5.73 Å². The molecule has 0 saturated heterocycles. The molecule has 31 heavy (non-hydrogen) atoms. The van der Waals surface area contributed by atoms with Crippen LogP contribution in [0.2, 0.25) is 0 Å². The molecule has 0 radical (unpaired) electrons. The lowest BCUT2D eigenvalue weighted by Crippen LogP contribution is -2.41. The van der Waals surface area contributed by atoms with E-state index in [0.717, 1.165) is 5.56 Å². The topological polar surface area (TPSA) is 204 Å². The monoisotopic (exact) mass is 428 g/mol. The van der Waals surface area contributed by atoms with Gasteiger partial charge in [0, 0.05) is 18.4 Å². The van der Waals surface area contributed by atoms with E-state index in [1.807, 2.05) is 0 Å². The fourth-order valence-electron chi connectivity index (χ4n) is 2.94. The van der Waals surface area contributed by atoms with Gasteiger partial charge in [0.15, 0.2) is 11.2 Å². The molecule has 162 valence electrons. The van der Waals surface area contributed by atoms with E-state index in [9.17, 15) is 19.2 Å². The molecular weight excluding hydrogens is 408 g/mol. The third kappa shape index (κ3) is 5.44. The first-order chi connectivity index (χ1) is 14.7. The minimum Gasteiger partial charge on any atom is -0.481 e. The number of imidazole rings is 1. The molecule has 0 aliphatic carbocycles. The number of benzene rings is 1. The molecule has 1 amide bonds. The number of anilines is 1. The summed E-state index contributed by atoms with van der Waals surface area (Å²) in [4.78, 5) is 59.4. The Balaban J connectivity index is 1.61. The van der Waals surface area contributed by atoms with Gasteiger partial charge in [-0.25, -0.2) is 9.78 Å². The highest BCUT2D eigenvalue weighted by Crippen LogP contribution is 2.11. The van der Waals surface area contributed by atoms with Crippen molar-refractivity contribution in [3.05, 3.63) is 51.6 Å². The molecule has 0 aliphatic heterocycles. The molecule has 0 spiro atoms. The van der Waals surface area contributed by atoms with Crippen molar-refractivity contribution >= 4 is 35.0 Å². The van der Waals surface area contributed by atoms with Crippen molar-refractivity contribution in [3.8, 4) is 0 Å². The van der Waals surface area contributed by atoms with Gasteiger partial charge >= 0.3 is 11.9 Å². The summed E-state index contributed by atoms with van der Waals surface area (Å²) in [5.74, 6) is -2.50. The van der Waals surface area contributed by atoms with Crippen LogP contribution >= 0.6 is 0 Å². The van der Waals surface area contributed by atoms with Gasteiger partial charge in [-0.2, -0.15) is 4.98 Å². The summed E-state index contributed by atoms with van der Waals surface area (Å²) < 4.78 is 0. The third-order valence-corrected chi connectivity index (χ3v) is 4.55. The van der Waals surface area contributed by atoms with Crippen LogP contribution < -0.4 is 16.6 Å². The first-order valence-corrected chi connectivity index (χ1v) is 9.31. The summed E-state index contributed by atoms with van der Waals surface area (Å²) in [6.45, 7) is 0. The Kier molecular flexibility index (Phi) is 6.29. The number of rotatable bonds is 9. The lowest BCUT2D eigenvalue weighted by atomic mass is 10.1. The number of H-pyrrole nitrogens is 2. The zero-order chi connectivity index (χ0) is 22.5. The normalized spacial score (nSPS) is 11.9. The molecule has 1 atom stereocenters. The summed E-state index contributed by atoms with van der Waals surface area (Å²) in [7, 11) is 0. The van der Waals surface area contributed by atoms with Gasteiger partial charge in [-0.15, -0.1) is 0 Å². The fraction of sp³-hybridized carbons (Fsp3) is 0.263. The zero-order valence-electron chi connectivity index (χ0n) is 16.2. The van der Waals surface area contributed by atoms with E-state index in [2.05, 4.69) is 25.3 Å². The first-order valence-electron chi connectivity index (χ1n) is 9.31. The van der Waals surface area contributed by atoms with Gasteiger partial charge in [0.2, 0.25) is 5.95 Å². The van der Waals surface area contributed by atoms with Gasteiger partial charge in [-0.1, -0.05) is 12.1 Å². The molecule has 0 aliphatic rings. The summed E-state index contributed by atoms with van der Waals surface area (Å²) >= 11 is 0. The average molecular weight is 428 g/mol. The van der Waals surface area contributed by atoms with Crippen molar-refractivity contribution in [2.24, 2.45) is 0 Å². The van der Waals surface area contributed by atoms with Crippen LogP contribution in [0.15, 0.2) is 29.1 Å². The number of aromatic nitrogens is 4. The van der Waals surface area contributed by atoms with Gasteiger partial charge in [0.1, 0.15) is 11.9 Å². The van der Waals surface area contributed by atoms with Crippen molar-refractivity contribution in [2.45, 2.75) is 31.7 Å². The van der Waals surface area contributed by atoms with E-state index in [1.165, 1.54) is 0 Å². The van der Waals surface area contributed by atoms with Crippen LogP contribution in [0.25, 0.3) is 11.2 Å². The van der Waals surface area contributed by atoms with Crippen LogP contribution in [-0.4, -0.2) is 54.0 Å². The highest BCUT2D eigenvalue weighted by atomic mass is 16.4. The number of hydrogen-bond donors (Lipinski definition) is 6. The van der Waals surface area contributed by atoms with Crippen LogP contribution in [-0.2, 0) is 22.4 Å². The number of nitrogens with zero attached hydrogens (tertiary/aromatic N) is 2. The Morgan fingerprint density at radius 2 is 1.77 bits per heavy atom. The number of aliphatic carboxylic acids is 2. The van der Waals surface area contributed by atoms with Crippen molar-refractivity contribution < 1.29 is 24.6 Å². The highest BCUT2D eigenvalue weighted by molar-refractivity contribution is 5.96. The Bertz CT molecular complexity index is 1180. The van der Waals surface area contributed by atoms with Crippen LogP contribution in [0.1, 0.15) is 34.6 Å². The minimum atomic E-state index is -1.30. The maximum Gasteiger partial charge on any atom is 0.326 e. The summed E-state index contributed by atoms with van der Waals surface area (Å²) in [5.41, 5.74) is 6.72. The molecule has 1 aromatic carbocycles. The average Bonchev–Trinajstić information content (AvgIpc) is 3.12. The maximum atomic E-state index is 12.3. The van der Waals surface area contributed by atoms with Crippen LogP contribution in [0.5, 0.6) is 0 Å². The highest BCUT2D eigenvalue weighted by Gasteiger charge is 2.21. The van der Waals surface area contributed by atoms with Crippen LogP contribution in [0.3, 0.4) is 0 Å². The molecule has 0 unspecified atom stereocenters. The number of carboxylic acids is 2. The van der Waals surface area contributed by atoms with E-state index in [-0.39, 0.29) is 35.5 Å². The van der Waals surface area contributed by atoms with Crippen LogP contribution in [0, 0.1) is 0 Å². The molecular formula is C19H20N6O6. The molecule has 2 heterocycles. The molecule has 12 nitrogen and oxygen atoms in total. The number of nitrogen functional groups attached to an aromatic ring is 1. The summed E-state index contributed by atoms with van der Waals surface area (Å²) in [6, 6.07) is 5.24. The molecule has 3 aromatic rings. The number of nitrogens with two attached hydrogens (primary N) is 1. The molecule has 0 saturated carbocycles. The number of carbonyl (C=O) groups is 3. The molecule has 0 fully saturated rings. The molecule has 12 heteroatoms. The lowest BCUT2D eigenvalue weighted by Gasteiger charge is -2.13. The maximum absolute atomic E-state index is 12.3. The number of carbonyl (C=O) groups excluding carboxylic acids is 1. The van der Waals surface area contributed by atoms with E-state index in [0.29, 0.717) is 18.7 Å².